The van der Waals surface area contributed by atoms with E-state index in [9.17, 15) is 0 Å². The highest BCUT2D eigenvalue weighted by Gasteiger charge is 2.22. The topological polar surface area (TPSA) is 20.2 Å². The Hall–Kier alpha value is -0.0400. The van der Waals surface area contributed by atoms with Crippen LogP contribution < -0.4 is 0 Å². The molecule has 1 heteroatoms. The Labute approximate surface area is 63.4 Å². The van der Waals surface area contributed by atoms with Gasteiger partial charge in [-0.3, -0.25) is 0 Å². The Morgan fingerprint density at radius 2 is 2.10 bits per heavy atom. The maximum absolute atomic E-state index is 8.87. The summed E-state index contributed by atoms with van der Waals surface area (Å²) in [6.07, 6.45) is 6.41. The zero-order valence-corrected chi connectivity index (χ0v) is 6.71. The second kappa shape index (κ2) is 3.97. The molecule has 1 N–H and O–H groups in total. The third-order valence-corrected chi connectivity index (χ3v) is 2.68. The molecule has 2 atom stereocenters. The van der Waals surface area contributed by atoms with E-state index in [4.69, 9.17) is 5.11 Å². The second-order valence-electron chi connectivity index (χ2n) is 3.27. The van der Waals surface area contributed by atoms with Crippen LogP contribution in [0.5, 0.6) is 0 Å². The van der Waals surface area contributed by atoms with Crippen LogP contribution >= 0.6 is 0 Å². The van der Waals surface area contributed by atoms with E-state index in [2.05, 4.69) is 6.92 Å². The third kappa shape index (κ3) is 1.72. The van der Waals surface area contributed by atoms with Gasteiger partial charge in [-0.15, -0.1) is 0 Å². The number of hydrogen-bond acceptors (Lipinski definition) is 1. The molecule has 0 spiro atoms. The standard InChI is InChI=1S/C9H17O/c1-2-8-5-3-4-6-9(8)7-10/h7-10H,2-6H2,1H3. The van der Waals surface area contributed by atoms with Crippen molar-refractivity contribution in [3.63, 3.8) is 0 Å². The van der Waals surface area contributed by atoms with Crippen molar-refractivity contribution < 1.29 is 5.11 Å². The van der Waals surface area contributed by atoms with Gasteiger partial charge in [-0.25, -0.2) is 0 Å². The quantitative estimate of drug-likeness (QED) is 0.627. The average Bonchev–Trinajstić information content (AvgIpc) is 2.04. The van der Waals surface area contributed by atoms with Gasteiger partial charge in [-0.1, -0.05) is 32.6 Å². The van der Waals surface area contributed by atoms with Crippen LogP contribution in [-0.2, 0) is 0 Å². The van der Waals surface area contributed by atoms with Crippen LogP contribution in [0.3, 0.4) is 0 Å². The maximum atomic E-state index is 8.87. The van der Waals surface area contributed by atoms with Crippen LogP contribution in [-0.4, -0.2) is 5.11 Å². The van der Waals surface area contributed by atoms with Gasteiger partial charge >= 0.3 is 0 Å². The molecule has 1 nitrogen and oxygen atoms in total. The Balaban J connectivity index is 2.34. The van der Waals surface area contributed by atoms with E-state index in [1.165, 1.54) is 38.7 Å². The van der Waals surface area contributed by atoms with Crippen molar-refractivity contribution in [1.29, 1.82) is 0 Å². The van der Waals surface area contributed by atoms with Gasteiger partial charge in [-0.05, 0) is 18.3 Å². The van der Waals surface area contributed by atoms with E-state index in [1.807, 2.05) is 0 Å². The van der Waals surface area contributed by atoms with Gasteiger partial charge in [0.15, 0.2) is 0 Å². The van der Waals surface area contributed by atoms with Gasteiger partial charge in [0, 0.05) is 0 Å². The number of aliphatic hydroxyl groups is 1. The first-order valence-electron chi connectivity index (χ1n) is 4.36. The summed E-state index contributed by atoms with van der Waals surface area (Å²) in [5.74, 6) is 1.26. The molecular formula is C9H17O. The number of aliphatic hydroxyl groups excluding tert-OH is 1. The summed E-state index contributed by atoms with van der Waals surface area (Å²) in [5, 5.41) is 8.87. The molecule has 1 saturated carbocycles. The van der Waals surface area contributed by atoms with Crippen molar-refractivity contribution in [2.45, 2.75) is 39.0 Å². The van der Waals surface area contributed by atoms with E-state index in [-0.39, 0.29) is 0 Å². The average molecular weight is 141 g/mol. The van der Waals surface area contributed by atoms with Crippen molar-refractivity contribution in [3.8, 4) is 0 Å². The minimum atomic E-state index is 0.499. The summed E-state index contributed by atoms with van der Waals surface area (Å²) < 4.78 is 0. The third-order valence-electron chi connectivity index (χ3n) is 2.68. The van der Waals surface area contributed by atoms with Crippen LogP contribution in [0.2, 0.25) is 0 Å². The van der Waals surface area contributed by atoms with Crippen LogP contribution in [0.25, 0.3) is 0 Å². The summed E-state index contributed by atoms with van der Waals surface area (Å²) in [5.41, 5.74) is 0. The molecule has 59 valence electrons. The Morgan fingerprint density at radius 1 is 1.40 bits per heavy atom. The van der Waals surface area contributed by atoms with Crippen LogP contribution in [0.4, 0.5) is 0 Å². The molecule has 1 fully saturated rings. The number of rotatable bonds is 2. The molecule has 0 aliphatic heterocycles. The zero-order valence-electron chi connectivity index (χ0n) is 6.71. The lowest BCUT2D eigenvalue weighted by Crippen LogP contribution is -2.18. The van der Waals surface area contributed by atoms with Crippen LogP contribution in [0.1, 0.15) is 39.0 Å². The summed E-state index contributed by atoms with van der Waals surface area (Å²) in [4.78, 5) is 0. The molecular weight excluding hydrogens is 124 g/mol. The highest BCUT2D eigenvalue weighted by molar-refractivity contribution is 4.78. The molecule has 1 rings (SSSR count). The summed E-state index contributed by atoms with van der Waals surface area (Å²) >= 11 is 0. The summed E-state index contributed by atoms with van der Waals surface area (Å²) in [7, 11) is 0. The minimum Gasteiger partial charge on any atom is -0.390 e. The minimum absolute atomic E-state index is 0.499. The fourth-order valence-corrected chi connectivity index (χ4v) is 1.94. The number of hydrogen-bond donors (Lipinski definition) is 1. The lowest BCUT2D eigenvalue weighted by atomic mass is 9.78. The van der Waals surface area contributed by atoms with Crippen molar-refractivity contribution >= 4 is 0 Å². The molecule has 1 aliphatic rings. The van der Waals surface area contributed by atoms with Gasteiger partial charge in [0.1, 0.15) is 0 Å². The summed E-state index contributed by atoms with van der Waals surface area (Å²) in [6.45, 7) is 3.62. The van der Waals surface area contributed by atoms with Crippen LogP contribution in [0, 0.1) is 18.4 Å². The molecule has 1 radical (unpaired) electrons. The largest absolute Gasteiger partial charge is 0.390 e. The van der Waals surface area contributed by atoms with Crippen molar-refractivity contribution in [2.75, 3.05) is 0 Å². The fraction of sp³-hybridized carbons (Fsp3) is 0.889. The normalized spacial score (nSPS) is 34.2. The van der Waals surface area contributed by atoms with Crippen LogP contribution in [0.15, 0.2) is 0 Å². The molecule has 0 aromatic heterocycles. The smallest absolute Gasteiger partial charge is 0.0832 e. The molecule has 1 aliphatic carbocycles. The SMILES string of the molecule is CCC1CCCCC1[CH]O. The van der Waals surface area contributed by atoms with E-state index in [0.717, 1.165) is 5.92 Å². The van der Waals surface area contributed by atoms with Crippen molar-refractivity contribution in [2.24, 2.45) is 11.8 Å². The predicted octanol–water partition coefficient (Wildman–Crippen LogP) is 2.74. The van der Waals surface area contributed by atoms with Gasteiger partial charge < -0.3 is 5.11 Å². The van der Waals surface area contributed by atoms with E-state index in [0.29, 0.717) is 5.92 Å². The molecule has 0 aromatic carbocycles. The Morgan fingerprint density at radius 3 is 2.60 bits per heavy atom. The van der Waals surface area contributed by atoms with Crippen molar-refractivity contribution in [3.05, 3.63) is 6.61 Å². The molecule has 0 amide bonds. The van der Waals surface area contributed by atoms with E-state index < -0.39 is 0 Å². The van der Waals surface area contributed by atoms with Gasteiger partial charge in [0.25, 0.3) is 0 Å². The van der Waals surface area contributed by atoms with Gasteiger partial charge in [0.2, 0.25) is 0 Å². The second-order valence-corrected chi connectivity index (χ2v) is 3.27. The first-order valence-corrected chi connectivity index (χ1v) is 4.36. The predicted molar refractivity (Wildman–Crippen MR) is 42.0 cm³/mol. The highest BCUT2D eigenvalue weighted by atomic mass is 16.3. The van der Waals surface area contributed by atoms with Gasteiger partial charge in [0.05, 0.1) is 6.61 Å². The molecule has 10 heavy (non-hydrogen) atoms. The van der Waals surface area contributed by atoms with Crippen molar-refractivity contribution in [1.82, 2.24) is 0 Å². The van der Waals surface area contributed by atoms with Gasteiger partial charge in [-0.2, -0.15) is 0 Å². The highest BCUT2D eigenvalue weighted by Crippen LogP contribution is 2.32. The molecule has 0 saturated heterocycles. The fourth-order valence-electron chi connectivity index (χ4n) is 1.94. The summed E-state index contributed by atoms with van der Waals surface area (Å²) in [6, 6.07) is 0. The Bertz CT molecular complexity index is 78.7. The lowest BCUT2D eigenvalue weighted by molar-refractivity contribution is 0.188. The Kier molecular flexibility index (Phi) is 3.20. The monoisotopic (exact) mass is 141 g/mol. The molecule has 0 heterocycles. The van der Waals surface area contributed by atoms with E-state index in [1.54, 1.807) is 0 Å². The first-order chi connectivity index (χ1) is 4.88. The zero-order chi connectivity index (χ0) is 7.40. The lowest BCUT2D eigenvalue weighted by Gasteiger charge is -2.28. The first kappa shape index (κ1) is 8.06. The molecule has 2 unspecified atom stereocenters. The molecule has 0 bridgehead atoms. The van der Waals surface area contributed by atoms with E-state index >= 15 is 0 Å². The molecule has 0 aromatic rings. The maximum Gasteiger partial charge on any atom is 0.0832 e.